The molecule has 0 aliphatic rings. The van der Waals surface area contributed by atoms with E-state index in [1.165, 1.54) is 0 Å². The summed E-state index contributed by atoms with van der Waals surface area (Å²) >= 11 is 6.06. The Labute approximate surface area is 134 Å². The monoisotopic (exact) mass is 312 g/mol. The number of hydrogen-bond acceptors (Lipinski definition) is 3. The molecule has 0 saturated heterocycles. The van der Waals surface area contributed by atoms with Gasteiger partial charge in [0.25, 0.3) is 0 Å². The molecule has 0 saturated carbocycles. The number of hydrogen-bond donors (Lipinski definition) is 0. The number of rotatable bonds is 7. The van der Waals surface area contributed by atoms with E-state index in [1.807, 2.05) is 0 Å². The molecule has 0 aromatic carbocycles. The highest BCUT2D eigenvalue weighted by atomic mass is 35.5. The Bertz CT molecular complexity index is 441. The second kappa shape index (κ2) is 8.00. The van der Waals surface area contributed by atoms with Gasteiger partial charge in [-0.05, 0) is 23.6 Å². The summed E-state index contributed by atoms with van der Waals surface area (Å²) < 4.78 is 5.23. The summed E-state index contributed by atoms with van der Waals surface area (Å²) in [5.41, 5.74) is 2.22. The smallest absolute Gasteiger partial charge is 0.129 e. The molecular formula is C17H29ClN2O. The van der Waals surface area contributed by atoms with Gasteiger partial charge in [0.15, 0.2) is 0 Å². The van der Waals surface area contributed by atoms with Crippen molar-refractivity contribution >= 4 is 17.4 Å². The number of alkyl halides is 1. The maximum Gasteiger partial charge on any atom is 0.129 e. The van der Waals surface area contributed by atoms with E-state index in [1.54, 1.807) is 7.11 Å². The lowest BCUT2D eigenvalue weighted by molar-refractivity contribution is 0.204. The summed E-state index contributed by atoms with van der Waals surface area (Å²) in [6.07, 6.45) is 0. The van der Waals surface area contributed by atoms with Crippen LogP contribution >= 0.6 is 11.6 Å². The first kappa shape index (κ1) is 18.2. The fraction of sp³-hybridized carbons (Fsp3) is 0.706. The van der Waals surface area contributed by atoms with Crippen molar-refractivity contribution in [3.05, 3.63) is 23.4 Å². The van der Waals surface area contributed by atoms with Crippen LogP contribution in [0.2, 0.25) is 0 Å². The number of aromatic nitrogens is 1. The van der Waals surface area contributed by atoms with Gasteiger partial charge in [-0.1, -0.05) is 34.6 Å². The summed E-state index contributed by atoms with van der Waals surface area (Å²) in [6.45, 7) is 13.5. The molecule has 0 aliphatic heterocycles. The highest BCUT2D eigenvalue weighted by Gasteiger charge is 2.19. The van der Waals surface area contributed by atoms with Gasteiger partial charge in [0.2, 0.25) is 0 Å². The van der Waals surface area contributed by atoms with Crippen LogP contribution in [-0.4, -0.2) is 31.8 Å². The molecule has 0 unspecified atom stereocenters. The summed E-state index contributed by atoms with van der Waals surface area (Å²) in [5, 5.41) is 0. The van der Waals surface area contributed by atoms with Gasteiger partial charge in [-0.2, -0.15) is 0 Å². The van der Waals surface area contributed by atoms with Gasteiger partial charge in [-0.25, -0.2) is 4.98 Å². The Morgan fingerprint density at radius 3 is 2.43 bits per heavy atom. The number of methoxy groups -OCH3 is 1. The van der Waals surface area contributed by atoms with E-state index >= 15 is 0 Å². The molecule has 1 aromatic heterocycles. The lowest BCUT2D eigenvalue weighted by atomic mass is 9.91. The maximum absolute atomic E-state index is 6.06. The number of pyridine rings is 1. The zero-order chi connectivity index (χ0) is 16.0. The summed E-state index contributed by atoms with van der Waals surface area (Å²) in [7, 11) is 1.73. The second-order valence-electron chi connectivity index (χ2n) is 6.94. The van der Waals surface area contributed by atoms with Crippen LogP contribution in [0.3, 0.4) is 0 Å². The maximum atomic E-state index is 6.06. The fourth-order valence-electron chi connectivity index (χ4n) is 2.14. The predicted molar refractivity (Wildman–Crippen MR) is 91.4 cm³/mol. The van der Waals surface area contributed by atoms with Gasteiger partial charge in [-0.3, -0.25) is 0 Å². The first-order chi connectivity index (χ1) is 9.77. The van der Waals surface area contributed by atoms with Crippen LogP contribution in [0.15, 0.2) is 12.1 Å². The molecule has 120 valence electrons. The van der Waals surface area contributed by atoms with Crippen molar-refractivity contribution < 1.29 is 4.74 Å². The Morgan fingerprint density at radius 1 is 1.29 bits per heavy atom. The van der Waals surface area contributed by atoms with E-state index in [0.717, 1.165) is 30.2 Å². The lowest BCUT2D eigenvalue weighted by Gasteiger charge is -2.28. The second-order valence-corrected chi connectivity index (χ2v) is 7.20. The Morgan fingerprint density at radius 2 is 1.95 bits per heavy atom. The molecule has 0 amide bonds. The molecule has 0 radical (unpaired) electrons. The van der Waals surface area contributed by atoms with Crippen LogP contribution in [0.1, 0.15) is 45.9 Å². The van der Waals surface area contributed by atoms with Gasteiger partial charge in [0.05, 0.1) is 6.61 Å². The van der Waals surface area contributed by atoms with Gasteiger partial charge in [0, 0.05) is 37.2 Å². The van der Waals surface area contributed by atoms with Crippen molar-refractivity contribution in [2.75, 3.05) is 31.7 Å². The number of nitrogens with zero attached hydrogens (tertiary/aromatic N) is 2. The molecule has 0 aliphatic carbocycles. The minimum atomic E-state index is 0.0155. The lowest BCUT2D eigenvalue weighted by Crippen LogP contribution is -2.32. The molecule has 1 aromatic rings. The first-order valence-electron chi connectivity index (χ1n) is 7.59. The molecule has 0 N–H and O–H groups in total. The van der Waals surface area contributed by atoms with Crippen LogP contribution in [0.5, 0.6) is 0 Å². The molecule has 0 fully saturated rings. The van der Waals surface area contributed by atoms with Crippen LogP contribution in [0.4, 0.5) is 5.82 Å². The summed E-state index contributed by atoms with van der Waals surface area (Å²) in [4.78, 5) is 7.16. The van der Waals surface area contributed by atoms with Crippen LogP contribution in [-0.2, 0) is 16.0 Å². The van der Waals surface area contributed by atoms with E-state index in [0.29, 0.717) is 18.4 Å². The quantitative estimate of drug-likeness (QED) is 0.705. The predicted octanol–water partition coefficient (Wildman–Crippen LogP) is 4.23. The van der Waals surface area contributed by atoms with Crippen molar-refractivity contribution in [1.82, 2.24) is 4.98 Å². The Hall–Kier alpha value is -0.800. The van der Waals surface area contributed by atoms with Crippen molar-refractivity contribution in [1.29, 1.82) is 0 Å². The highest BCUT2D eigenvalue weighted by Crippen LogP contribution is 2.26. The Balaban J connectivity index is 3.16. The van der Waals surface area contributed by atoms with Crippen molar-refractivity contribution in [2.24, 2.45) is 5.92 Å². The zero-order valence-electron chi connectivity index (χ0n) is 14.2. The molecule has 0 spiro atoms. The molecular weight excluding hydrogens is 284 g/mol. The first-order valence-corrected chi connectivity index (χ1v) is 8.12. The molecule has 1 rings (SSSR count). The van der Waals surface area contributed by atoms with Crippen molar-refractivity contribution in [3.8, 4) is 0 Å². The minimum Gasteiger partial charge on any atom is -0.383 e. The van der Waals surface area contributed by atoms with Gasteiger partial charge in [0.1, 0.15) is 5.82 Å². The third-order valence-corrected chi connectivity index (χ3v) is 3.58. The standard InChI is InChI=1S/C17H29ClN2O/c1-13(2)12-20(7-8-21-6)16-10-14(11-18)9-15(19-16)17(3,4)5/h9-10,13H,7-8,11-12H2,1-6H3. The molecule has 4 heteroatoms. The summed E-state index contributed by atoms with van der Waals surface area (Å²) in [5.74, 6) is 2.09. The topological polar surface area (TPSA) is 25.4 Å². The average molecular weight is 313 g/mol. The zero-order valence-corrected chi connectivity index (χ0v) is 15.0. The van der Waals surface area contributed by atoms with Crippen LogP contribution < -0.4 is 4.90 Å². The SMILES string of the molecule is COCCN(CC(C)C)c1cc(CCl)cc(C(C)(C)C)n1. The van der Waals surface area contributed by atoms with E-state index in [4.69, 9.17) is 21.3 Å². The van der Waals surface area contributed by atoms with E-state index in [-0.39, 0.29) is 5.41 Å². The van der Waals surface area contributed by atoms with Gasteiger partial charge < -0.3 is 9.64 Å². The van der Waals surface area contributed by atoms with Crippen LogP contribution in [0.25, 0.3) is 0 Å². The number of ether oxygens (including phenoxy) is 1. The minimum absolute atomic E-state index is 0.0155. The van der Waals surface area contributed by atoms with Gasteiger partial charge >= 0.3 is 0 Å². The third-order valence-electron chi connectivity index (χ3n) is 3.27. The van der Waals surface area contributed by atoms with Crippen LogP contribution in [0, 0.1) is 5.92 Å². The van der Waals surface area contributed by atoms with E-state index in [2.05, 4.69) is 51.7 Å². The molecule has 0 bridgehead atoms. The Kier molecular flexibility index (Phi) is 6.95. The highest BCUT2D eigenvalue weighted by molar-refractivity contribution is 6.17. The van der Waals surface area contributed by atoms with Crippen molar-refractivity contribution in [3.63, 3.8) is 0 Å². The molecule has 1 heterocycles. The molecule has 21 heavy (non-hydrogen) atoms. The van der Waals surface area contributed by atoms with Gasteiger partial charge in [-0.15, -0.1) is 11.6 Å². The average Bonchev–Trinajstić information content (AvgIpc) is 2.41. The van der Waals surface area contributed by atoms with E-state index in [9.17, 15) is 0 Å². The largest absolute Gasteiger partial charge is 0.383 e. The molecule has 3 nitrogen and oxygen atoms in total. The van der Waals surface area contributed by atoms with E-state index < -0.39 is 0 Å². The fourth-order valence-corrected chi connectivity index (χ4v) is 2.29. The molecule has 0 atom stereocenters. The normalized spacial score (nSPS) is 12.0. The number of halogens is 1. The summed E-state index contributed by atoms with van der Waals surface area (Å²) in [6, 6.07) is 4.21. The number of anilines is 1. The van der Waals surface area contributed by atoms with Crippen molar-refractivity contribution in [2.45, 2.75) is 45.9 Å². The third kappa shape index (κ3) is 5.84.